The molecule has 7 heteroatoms. The van der Waals surface area contributed by atoms with Crippen LogP contribution >= 0.6 is 0 Å². The molecule has 0 saturated heterocycles. The van der Waals surface area contributed by atoms with Crippen LogP contribution in [-0.2, 0) is 4.79 Å². The van der Waals surface area contributed by atoms with Crippen LogP contribution in [0.1, 0.15) is 6.42 Å². The van der Waals surface area contributed by atoms with Crippen LogP contribution < -0.4 is 22.1 Å². The highest BCUT2D eigenvalue weighted by Crippen LogP contribution is 2.17. The number of carbonyl (C=O) groups excluding carboxylic acids is 1. The minimum Gasteiger partial charge on any atom is -0.304 e. The van der Waals surface area contributed by atoms with Crippen LogP contribution in [0.3, 0.4) is 0 Å². The van der Waals surface area contributed by atoms with Crippen LogP contribution in [-0.4, -0.2) is 15.9 Å². The summed E-state index contributed by atoms with van der Waals surface area (Å²) in [4.78, 5) is 19.3. The summed E-state index contributed by atoms with van der Waals surface area (Å²) in [6.07, 6.45) is 1.54. The lowest BCUT2D eigenvalue weighted by Crippen LogP contribution is -2.32. The summed E-state index contributed by atoms with van der Waals surface area (Å²) < 4.78 is 0. The molecule has 2 rings (SSSR count). The minimum absolute atomic E-state index is 0.0759. The van der Waals surface area contributed by atoms with Gasteiger partial charge in [0.25, 0.3) is 0 Å². The van der Waals surface area contributed by atoms with Gasteiger partial charge in [-0.3, -0.25) is 15.6 Å². The normalized spacial score (nSPS) is 9.95. The van der Waals surface area contributed by atoms with Gasteiger partial charge in [0, 0.05) is 11.1 Å². The topological polar surface area (TPSA) is 105 Å². The monoisotopic (exact) mass is 258 g/mol. The van der Waals surface area contributed by atoms with Crippen molar-refractivity contribution in [2.24, 2.45) is 5.84 Å². The highest BCUT2D eigenvalue weighted by Gasteiger charge is 2.04. The lowest BCUT2D eigenvalue weighted by Gasteiger charge is -2.12. The molecule has 0 spiro atoms. The van der Waals surface area contributed by atoms with Crippen molar-refractivity contribution in [1.82, 2.24) is 20.8 Å². The number of anilines is 1. The number of nitrogens with zero attached hydrogens (tertiary/aromatic N) is 2. The molecule has 0 bridgehead atoms. The molecule has 98 valence electrons. The highest BCUT2D eigenvalue weighted by atomic mass is 16.2. The molecule has 2 aromatic rings. The van der Waals surface area contributed by atoms with Gasteiger partial charge in [-0.25, -0.2) is 15.8 Å². The summed E-state index contributed by atoms with van der Waals surface area (Å²) in [6, 6.07) is 7.58. The van der Waals surface area contributed by atoms with Gasteiger partial charge in [0.1, 0.15) is 6.33 Å². The number of benzene rings is 1. The Morgan fingerprint density at radius 2 is 2.11 bits per heavy atom. The summed E-state index contributed by atoms with van der Waals surface area (Å²) in [5.74, 6) is 5.28. The van der Waals surface area contributed by atoms with E-state index < -0.39 is 0 Å². The van der Waals surface area contributed by atoms with Crippen molar-refractivity contribution in [2.75, 3.05) is 5.43 Å². The Labute approximate surface area is 109 Å². The number of hydrazine groups is 2. The maximum absolute atomic E-state index is 11.1. The summed E-state index contributed by atoms with van der Waals surface area (Å²) in [6.45, 7) is 3.70. The van der Waals surface area contributed by atoms with Crippen molar-refractivity contribution >= 4 is 22.6 Å². The Morgan fingerprint density at radius 3 is 2.89 bits per heavy atom. The van der Waals surface area contributed by atoms with E-state index >= 15 is 0 Å². The highest BCUT2D eigenvalue weighted by molar-refractivity contribution is 5.88. The Bertz CT molecular complexity index is 607. The third kappa shape index (κ3) is 3.17. The molecule has 1 heterocycles. The summed E-state index contributed by atoms with van der Waals surface area (Å²) in [5, 5.41) is 0.869. The molecule has 0 aliphatic rings. The average molecular weight is 258 g/mol. The number of hydrogen-bond donors (Lipinski definition) is 4. The number of fused-ring (bicyclic) bond motifs is 1. The quantitative estimate of drug-likeness (QED) is 0.352. The molecule has 19 heavy (non-hydrogen) atoms. The van der Waals surface area contributed by atoms with E-state index in [-0.39, 0.29) is 12.3 Å². The number of hydrogen-bond acceptors (Lipinski definition) is 6. The van der Waals surface area contributed by atoms with E-state index in [0.29, 0.717) is 11.5 Å². The van der Waals surface area contributed by atoms with Gasteiger partial charge in [-0.2, -0.15) is 0 Å². The number of para-hydroxylation sites is 1. The van der Waals surface area contributed by atoms with Crippen LogP contribution in [0, 0.1) is 0 Å². The van der Waals surface area contributed by atoms with Gasteiger partial charge in [0.15, 0.2) is 5.82 Å². The first-order chi connectivity index (χ1) is 9.20. The van der Waals surface area contributed by atoms with Crippen LogP contribution in [0.5, 0.6) is 0 Å². The van der Waals surface area contributed by atoms with Gasteiger partial charge in [-0.1, -0.05) is 18.7 Å². The Kier molecular flexibility index (Phi) is 3.89. The van der Waals surface area contributed by atoms with Crippen molar-refractivity contribution in [3.63, 3.8) is 0 Å². The predicted molar refractivity (Wildman–Crippen MR) is 72.4 cm³/mol. The van der Waals surface area contributed by atoms with E-state index in [1.54, 1.807) is 0 Å². The summed E-state index contributed by atoms with van der Waals surface area (Å²) >= 11 is 0. The second kappa shape index (κ2) is 5.78. The molecule has 0 unspecified atom stereocenters. The third-order valence-electron chi connectivity index (χ3n) is 2.44. The third-order valence-corrected chi connectivity index (χ3v) is 2.44. The van der Waals surface area contributed by atoms with E-state index in [1.807, 2.05) is 29.7 Å². The number of amides is 1. The smallest absolute Gasteiger partial charge is 0.239 e. The molecule has 0 atom stereocenters. The SMILES string of the molecule is C=C(CC(=O)NN)NNc1ncnc2ccccc12. The molecule has 7 nitrogen and oxygen atoms in total. The van der Waals surface area contributed by atoms with Crippen molar-refractivity contribution in [1.29, 1.82) is 0 Å². The van der Waals surface area contributed by atoms with Gasteiger partial charge in [0.2, 0.25) is 5.91 Å². The van der Waals surface area contributed by atoms with E-state index in [4.69, 9.17) is 5.84 Å². The minimum atomic E-state index is -0.327. The molecule has 0 aliphatic heterocycles. The zero-order valence-electron chi connectivity index (χ0n) is 10.2. The molecule has 0 fully saturated rings. The fraction of sp³-hybridized carbons (Fsp3) is 0.0833. The Hall–Kier alpha value is -2.67. The molecular weight excluding hydrogens is 244 g/mol. The first-order valence-electron chi connectivity index (χ1n) is 5.59. The first kappa shape index (κ1) is 12.8. The van der Waals surface area contributed by atoms with Crippen LogP contribution in [0.2, 0.25) is 0 Å². The van der Waals surface area contributed by atoms with Crippen LogP contribution in [0.4, 0.5) is 5.82 Å². The maximum Gasteiger partial charge on any atom is 0.239 e. The van der Waals surface area contributed by atoms with Crippen molar-refractivity contribution in [2.45, 2.75) is 6.42 Å². The van der Waals surface area contributed by atoms with E-state index in [9.17, 15) is 4.79 Å². The fourth-order valence-corrected chi connectivity index (χ4v) is 1.54. The summed E-state index contributed by atoms with van der Waals surface area (Å²) in [7, 11) is 0. The Morgan fingerprint density at radius 1 is 1.32 bits per heavy atom. The van der Waals surface area contributed by atoms with E-state index in [2.05, 4.69) is 27.4 Å². The molecule has 5 N–H and O–H groups in total. The zero-order valence-corrected chi connectivity index (χ0v) is 10.2. The average Bonchev–Trinajstić information content (AvgIpc) is 2.44. The zero-order chi connectivity index (χ0) is 13.7. The van der Waals surface area contributed by atoms with Crippen LogP contribution in [0.25, 0.3) is 10.9 Å². The Balaban J connectivity index is 2.06. The lowest BCUT2D eigenvalue weighted by atomic mass is 10.2. The second-order valence-corrected chi connectivity index (χ2v) is 3.84. The molecule has 0 saturated carbocycles. The van der Waals surface area contributed by atoms with Gasteiger partial charge in [0.05, 0.1) is 11.9 Å². The predicted octanol–water partition coefficient (Wildman–Crippen LogP) is 0.440. The van der Waals surface area contributed by atoms with Crippen molar-refractivity contribution in [3.8, 4) is 0 Å². The molecule has 1 aromatic heterocycles. The molecule has 0 aliphatic carbocycles. The fourth-order valence-electron chi connectivity index (χ4n) is 1.54. The van der Waals surface area contributed by atoms with Crippen LogP contribution in [0.15, 0.2) is 42.9 Å². The molecule has 1 aromatic carbocycles. The number of carbonyl (C=O) groups is 1. The molecular formula is C12H14N6O. The van der Waals surface area contributed by atoms with E-state index in [0.717, 1.165) is 10.9 Å². The second-order valence-electron chi connectivity index (χ2n) is 3.84. The van der Waals surface area contributed by atoms with Crippen molar-refractivity contribution < 1.29 is 4.79 Å². The first-order valence-corrected chi connectivity index (χ1v) is 5.59. The van der Waals surface area contributed by atoms with Crippen molar-refractivity contribution in [3.05, 3.63) is 42.9 Å². The standard InChI is InChI=1S/C12H14N6O/c1-8(6-11(19)16-13)17-18-12-9-4-2-3-5-10(9)14-7-15-12/h2-5,7,17H,1,6,13H2,(H,16,19)(H,14,15,18). The maximum atomic E-state index is 11.1. The van der Waals surface area contributed by atoms with Gasteiger partial charge in [-0.05, 0) is 12.1 Å². The largest absolute Gasteiger partial charge is 0.304 e. The van der Waals surface area contributed by atoms with E-state index in [1.165, 1.54) is 6.33 Å². The number of nitrogens with one attached hydrogen (secondary N) is 3. The van der Waals surface area contributed by atoms with Gasteiger partial charge >= 0.3 is 0 Å². The summed E-state index contributed by atoms with van der Waals surface area (Å²) in [5.41, 5.74) is 9.03. The molecule has 0 radical (unpaired) electrons. The van der Waals surface area contributed by atoms with Gasteiger partial charge in [-0.15, -0.1) is 0 Å². The lowest BCUT2D eigenvalue weighted by molar-refractivity contribution is -0.120. The number of rotatable bonds is 5. The number of aromatic nitrogens is 2. The van der Waals surface area contributed by atoms with Gasteiger partial charge < -0.3 is 5.43 Å². The molecule has 1 amide bonds. The number of nitrogens with two attached hydrogens (primary N) is 1.